The van der Waals surface area contributed by atoms with E-state index in [0.717, 1.165) is 16.5 Å². The van der Waals surface area contributed by atoms with Gasteiger partial charge in [-0.25, -0.2) is 0 Å². The van der Waals surface area contributed by atoms with Gasteiger partial charge in [0.1, 0.15) is 11.8 Å². The van der Waals surface area contributed by atoms with Crippen LogP contribution in [-0.2, 0) is 11.3 Å². The second-order valence-electron chi connectivity index (χ2n) is 4.49. The van der Waals surface area contributed by atoms with Gasteiger partial charge in [-0.2, -0.15) is 5.26 Å². The van der Waals surface area contributed by atoms with Gasteiger partial charge in [0.05, 0.1) is 25.4 Å². The molecule has 0 radical (unpaired) electrons. The molecule has 2 aromatic carbocycles. The first kappa shape index (κ1) is 15.6. The predicted octanol–water partition coefficient (Wildman–Crippen LogP) is 4.31. The monoisotopic (exact) mass is 345 g/mol. The molecule has 0 unspecified atom stereocenters. The average molecular weight is 346 g/mol. The van der Waals surface area contributed by atoms with E-state index in [1.807, 2.05) is 36.4 Å². The topological polar surface area (TPSA) is 42.2 Å². The van der Waals surface area contributed by atoms with E-state index in [1.54, 1.807) is 12.1 Å². The first-order valence-electron chi connectivity index (χ1n) is 6.74. The van der Waals surface area contributed by atoms with Crippen molar-refractivity contribution in [1.82, 2.24) is 0 Å². The summed E-state index contributed by atoms with van der Waals surface area (Å²) in [5.41, 5.74) is 1.70. The highest BCUT2D eigenvalue weighted by molar-refractivity contribution is 9.10. The molecule has 0 aliphatic rings. The molecular formula is C17H16BrNO2. The second-order valence-corrected chi connectivity index (χ2v) is 5.41. The Balaban J connectivity index is 1.65. The van der Waals surface area contributed by atoms with Crippen LogP contribution in [0.1, 0.15) is 17.5 Å². The molecule has 4 heteroatoms. The van der Waals surface area contributed by atoms with Crippen LogP contribution in [-0.4, -0.2) is 13.2 Å². The minimum absolute atomic E-state index is 0.539. The highest BCUT2D eigenvalue weighted by atomic mass is 79.9. The maximum atomic E-state index is 8.95. The largest absolute Gasteiger partial charge is 0.492 e. The van der Waals surface area contributed by atoms with Crippen LogP contribution in [0, 0.1) is 11.3 Å². The molecule has 108 valence electrons. The number of hydrogen-bond acceptors (Lipinski definition) is 3. The van der Waals surface area contributed by atoms with Gasteiger partial charge in [0.15, 0.2) is 0 Å². The third-order valence-corrected chi connectivity index (χ3v) is 3.35. The Morgan fingerprint density at radius 3 is 2.71 bits per heavy atom. The standard InChI is InChI=1S/C17H16BrNO2/c18-16-7-3-5-14(11-16)13-20-9-4-10-21-17-8-2-1-6-15(17)12-19/h1-3,5-8,11H,4,9-10,13H2. The van der Waals surface area contributed by atoms with Crippen LogP contribution < -0.4 is 4.74 Å². The van der Waals surface area contributed by atoms with Gasteiger partial charge in [-0.15, -0.1) is 0 Å². The Morgan fingerprint density at radius 2 is 1.90 bits per heavy atom. The van der Waals surface area contributed by atoms with E-state index in [4.69, 9.17) is 14.7 Å². The van der Waals surface area contributed by atoms with Crippen molar-refractivity contribution in [3.63, 3.8) is 0 Å². The molecule has 0 fully saturated rings. The van der Waals surface area contributed by atoms with Crippen LogP contribution in [0.15, 0.2) is 53.0 Å². The summed E-state index contributed by atoms with van der Waals surface area (Å²) in [5.74, 6) is 0.631. The Morgan fingerprint density at radius 1 is 1.05 bits per heavy atom. The van der Waals surface area contributed by atoms with Gasteiger partial charge in [0, 0.05) is 10.9 Å². The van der Waals surface area contributed by atoms with Crippen LogP contribution in [0.2, 0.25) is 0 Å². The molecule has 0 amide bonds. The molecule has 0 spiro atoms. The van der Waals surface area contributed by atoms with E-state index >= 15 is 0 Å². The van der Waals surface area contributed by atoms with Crippen molar-refractivity contribution in [3.8, 4) is 11.8 Å². The van der Waals surface area contributed by atoms with Crippen molar-refractivity contribution in [2.75, 3.05) is 13.2 Å². The number of ether oxygens (including phenoxy) is 2. The number of nitrogens with zero attached hydrogens (tertiary/aromatic N) is 1. The molecule has 3 nitrogen and oxygen atoms in total. The summed E-state index contributed by atoms with van der Waals surface area (Å²) in [6.07, 6.45) is 0.785. The normalized spacial score (nSPS) is 10.1. The Bertz CT molecular complexity index is 622. The van der Waals surface area contributed by atoms with E-state index < -0.39 is 0 Å². The molecule has 0 heterocycles. The molecule has 0 bridgehead atoms. The lowest BCUT2D eigenvalue weighted by atomic mass is 10.2. The molecule has 0 saturated carbocycles. The third kappa shape index (κ3) is 5.22. The van der Waals surface area contributed by atoms with Gasteiger partial charge in [-0.05, 0) is 29.8 Å². The van der Waals surface area contributed by atoms with Crippen LogP contribution >= 0.6 is 15.9 Å². The minimum atomic E-state index is 0.539. The summed E-state index contributed by atoms with van der Waals surface area (Å²) in [6, 6.07) is 17.4. The molecule has 2 rings (SSSR count). The first-order valence-corrected chi connectivity index (χ1v) is 7.53. The van der Waals surface area contributed by atoms with Crippen molar-refractivity contribution in [2.45, 2.75) is 13.0 Å². The zero-order valence-electron chi connectivity index (χ0n) is 11.6. The zero-order chi connectivity index (χ0) is 14.9. The van der Waals surface area contributed by atoms with Gasteiger partial charge in [-0.3, -0.25) is 0 Å². The molecule has 0 aromatic heterocycles. The number of nitriles is 1. The fraction of sp³-hybridized carbons (Fsp3) is 0.235. The molecule has 2 aromatic rings. The van der Waals surface area contributed by atoms with E-state index in [1.165, 1.54) is 0 Å². The number of hydrogen-bond donors (Lipinski definition) is 0. The van der Waals surface area contributed by atoms with Crippen molar-refractivity contribution in [2.24, 2.45) is 0 Å². The Labute approximate surface area is 133 Å². The van der Waals surface area contributed by atoms with Gasteiger partial charge in [0.2, 0.25) is 0 Å². The summed E-state index contributed by atoms with van der Waals surface area (Å²) in [6.45, 7) is 1.76. The van der Waals surface area contributed by atoms with Gasteiger partial charge >= 0.3 is 0 Å². The quantitative estimate of drug-likeness (QED) is 0.702. The maximum absolute atomic E-state index is 8.95. The maximum Gasteiger partial charge on any atom is 0.137 e. The molecule has 0 aliphatic carbocycles. The lowest BCUT2D eigenvalue weighted by Crippen LogP contribution is -2.04. The highest BCUT2D eigenvalue weighted by Crippen LogP contribution is 2.16. The summed E-state index contributed by atoms with van der Waals surface area (Å²) >= 11 is 3.43. The number of rotatable bonds is 7. The summed E-state index contributed by atoms with van der Waals surface area (Å²) < 4.78 is 12.2. The van der Waals surface area contributed by atoms with E-state index in [0.29, 0.717) is 31.1 Å². The smallest absolute Gasteiger partial charge is 0.137 e. The average Bonchev–Trinajstić information content (AvgIpc) is 2.51. The molecule has 21 heavy (non-hydrogen) atoms. The molecular weight excluding hydrogens is 330 g/mol. The van der Waals surface area contributed by atoms with Crippen LogP contribution in [0.3, 0.4) is 0 Å². The number of para-hydroxylation sites is 1. The fourth-order valence-corrected chi connectivity index (χ4v) is 2.29. The van der Waals surface area contributed by atoms with E-state index in [2.05, 4.69) is 22.0 Å². The van der Waals surface area contributed by atoms with Gasteiger partial charge < -0.3 is 9.47 Å². The van der Waals surface area contributed by atoms with Crippen molar-refractivity contribution >= 4 is 15.9 Å². The van der Waals surface area contributed by atoms with E-state index in [9.17, 15) is 0 Å². The van der Waals surface area contributed by atoms with Crippen molar-refractivity contribution < 1.29 is 9.47 Å². The molecule has 0 N–H and O–H groups in total. The Kier molecular flexibility index (Phi) is 6.26. The van der Waals surface area contributed by atoms with Crippen LogP contribution in [0.4, 0.5) is 0 Å². The molecule has 0 aliphatic heterocycles. The lowest BCUT2D eigenvalue weighted by Gasteiger charge is -2.08. The zero-order valence-corrected chi connectivity index (χ0v) is 13.2. The first-order chi connectivity index (χ1) is 10.3. The summed E-state index contributed by atoms with van der Waals surface area (Å²) in [4.78, 5) is 0. The SMILES string of the molecule is N#Cc1ccccc1OCCCOCc1cccc(Br)c1. The van der Waals surface area contributed by atoms with E-state index in [-0.39, 0.29) is 0 Å². The third-order valence-electron chi connectivity index (χ3n) is 2.86. The number of benzene rings is 2. The Hall–Kier alpha value is -1.83. The minimum Gasteiger partial charge on any atom is -0.492 e. The number of halogens is 1. The molecule has 0 saturated heterocycles. The fourth-order valence-electron chi connectivity index (χ4n) is 1.84. The lowest BCUT2D eigenvalue weighted by molar-refractivity contribution is 0.107. The predicted molar refractivity (Wildman–Crippen MR) is 85.1 cm³/mol. The second kappa shape index (κ2) is 8.46. The molecule has 0 atom stereocenters. The summed E-state index contributed by atoms with van der Waals surface area (Å²) in [7, 11) is 0. The summed E-state index contributed by atoms with van der Waals surface area (Å²) in [5, 5.41) is 8.95. The van der Waals surface area contributed by atoms with Crippen LogP contribution in [0.25, 0.3) is 0 Å². The van der Waals surface area contributed by atoms with Crippen LogP contribution in [0.5, 0.6) is 5.75 Å². The van der Waals surface area contributed by atoms with Gasteiger partial charge in [-0.1, -0.05) is 40.2 Å². The highest BCUT2D eigenvalue weighted by Gasteiger charge is 2.01. The van der Waals surface area contributed by atoms with Crippen molar-refractivity contribution in [1.29, 1.82) is 5.26 Å². The van der Waals surface area contributed by atoms with Crippen molar-refractivity contribution in [3.05, 3.63) is 64.1 Å². The van der Waals surface area contributed by atoms with Gasteiger partial charge in [0.25, 0.3) is 0 Å².